The first-order chi connectivity index (χ1) is 32.4. The van der Waals surface area contributed by atoms with Gasteiger partial charge in [0.2, 0.25) is 0 Å². The van der Waals surface area contributed by atoms with E-state index in [0.717, 1.165) is 66.7 Å². The van der Waals surface area contributed by atoms with E-state index in [2.05, 4.69) is 29.9 Å². The number of nitrogens with zero attached hydrogens (tertiary/aromatic N) is 9. The Morgan fingerprint density at radius 1 is 0.371 bits per heavy atom. The van der Waals surface area contributed by atoms with Crippen molar-refractivity contribution in [2.45, 2.75) is 20.0 Å². The quantitative estimate of drug-likeness (QED) is 0.185. The third-order valence-corrected chi connectivity index (χ3v) is 11.1. The minimum Gasteiger partial charge on any atom is -0.871 e. The molecule has 0 spiro atoms. The van der Waals surface area contributed by atoms with Crippen molar-refractivity contribution in [3.63, 3.8) is 0 Å². The number of aliphatic hydroxyl groups excluding tert-OH is 1. The Hall–Kier alpha value is -7.40. The zero-order valence-corrected chi connectivity index (χ0v) is 42.6. The molecule has 16 heteroatoms. The van der Waals surface area contributed by atoms with E-state index in [1.54, 1.807) is 32.0 Å². The van der Waals surface area contributed by atoms with Crippen LogP contribution in [-0.4, -0.2) is 65.8 Å². The summed E-state index contributed by atoms with van der Waals surface area (Å²) in [5.41, 5.74) is 9.51. The largest absolute Gasteiger partial charge is 3.00 e. The Morgan fingerprint density at radius 2 is 0.629 bits per heavy atom. The fourth-order valence-electron chi connectivity index (χ4n) is 7.86. The van der Waals surface area contributed by atoms with Gasteiger partial charge in [0.05, 0.1) is 49.7 Å². The topological polar surface area (TPSA) is 245 Å². The molecule has 348 valence electrons. The molecule has 0 aliphatic rings. The van der Waals surface area contributed by atoms with Crippen molar-refractivity contribution in [3.05, 3.63) is 164 Å². The summed E-state index contributed by atoms with van der Waals surface area (Å²) in [5, 5.41) is 46.4. The molecule has 5 N–H and O–H groups in total. The van der Waals surface area contributed by atoms with Gasteiger partial charge in [0, 0.05) is 27.2 Å². The Labute approximate surface area is 435 Å². The van der Waals surface area contributed by atoms with Gasteiger partial charge in [-0.25, -0.2) is 29.9 Å². The van der Waals surface area contributed by atoms with Crippen LogP contribution in [0, 0.1) is 41.3 Å². The van der Waals surface area contributed by atoms with Crippen LogP contribution in [0.1, 0.15) is 13.8 Å². The fourth-order valence-corrected chi connectivity index (χ4v) is 7.86. The van der Waals surface area contributed by atoms with Gasteiger partial charge < -0.3 is 45.1 Å². The van der Waals surface area contributed by atoms with Gasteiger partial charge in [-0.05, 0) is 84.6 Å². The second kappa shape index (κ2) is 22.4. The molecule has 0 aliphatic heterocycles. The predicted octanol–water partition coefficient (Wildman–Crippen LogP) is 7.32. The molecule has 0 atom stereocenters. The van der Waals surface area contributed by atoms with Gasteiger partial charge in [-0.3, -0.25) is 0 Å². The van der Waals surface area contributed by atoms with Gasteiger partial charge >= 0.3 is 41.3 Å². The van der Waals surface area contributed by atoms with Crippen molar-refractivity contribution in [2.24, 2.45) is 21.1 Å². The molecule has 70 heavy (non-hydrogen) atoms. The van der Waals surface area contributed by atoms with Crippen molar-refractivity contribution < 1.29 is 72.7 Å². The summed E-state index contributed by atoms with van der Waals surface area (Å²) in [5.74, 6) is 2.11. The number of hydrogen-bond donors (Lipinski definition) is 1. The number of rotatable bonds is 3. The SMILES string of the molecule is CC(C)O.Cn1c(-c2ccc3cccc([O-])c3n2)nc2ccccc21.Cn1c(-c2ccc3cccc([O-])c3n2)nc2ccccc21.Cn1c(-c2ccc3cccc([O-])c3n2)nc2ccccc21.O.O.[Pr+3]. The Kier molecular flexibility index (Phi) is 16.6. The molecular weight excluding hydrogens is 1010 g/mol. The van der Waals surface area contributed by atoms with Gasteiger partial charge in [-0.2, -0.15) is 0 Å². The van der Waals surface area contributed by atoms with Crippen LogP contribution in [0.2, 0.25) is 0 Å². The summed E-state index contributed by atoms with van der Waals surface area (Å²) < 4.78 is 5.99. The Balaban J connectivity index is 0.000000162. The summed E-state index contributed by atoms with van der Waals surface area (Å²) in [4.78, 5) is 27.4. The first-order valence-electron chi connectivity index (χ1n) is 21.6. The molecule has 0 fully saturated rings. The molecular formula is C54H48N9O6Pr. The van der Waals surface area contributed by atoms with Crippen molar-refractivity contribution in [1.82, 2.24) is 43.6 Å². The van der Waals surface area contributed by atoms with E-state index in [-0.39, 0.29) is 75.6 Å². The van der Waals surface area contributed by atoms with E-state index >= 15 is 0 Å². The first kappa shape index (κ1) is 52.0. The maximum absolute atomic E-state index is 11.9. The van der Waals surface area contributed by atoms with Crippen LogP contribution in [0.15, 0.2) is 164 Å². The van der Waals surface area contributed by atoms with Crippen molar-refractivity contribution in [3.8, 4) is 51.8 Å². The van der Waals surface area contributed by atoms with Crippen LogP contribution < -0.4 is 15.3 Å². The van der Waals surface area contributed by atoms with Crippen LogP contribution in [0.25, 0.3) is 100 Å². The molecule has 12 rings (SSSR count). The van der Waals surface area contributed by atoms with Gasteiger partial charge in [-0.1, -0.05) is 126 Å². The molecule has 0 aliphatic carbocycles. The summed E-state index contributed by atoms with van der Waals surface area (Å²) in [6.07, 6.45) is -0.167. The second-order valence-electron chi connectivity index (χ2n) is 16.1. The van der Waals surface area contributed by atoms with Crippen LogP contribution in [0.3, 0.4) is 0 Å². The van der Waals surface area contributed by atoms with Crippen LogP contribution in [-0.2, 0) is 21.1 Å². The number of imidazole rings is 3. The van der Waals surface area contributed by atoms with E-state index < -0.39 is 0 Å². The monoisotopic (exact) mass is 1060 g/mol. The molecule has 0 bridgehead atoms. The molecule has 0 amide bonds. The maximum Gasteiger partial charge on any atom is 3.00 e. The number of benzene rings is 6. The average Bonchev–Trinajstić information content (AvgIpc) is 3.99. The number of aryl methyl sites for hydroxylation is 3. The van der Waals surface area contributed by atoms with Gasteiger partial charge in [-0.15, -0.1) is 0 Å². The zero-order valence-electron chi connectivity index (χ0n) is 38.9. The van der Waals surface area contributed by atoms with E-state index in [1.807, 2.05) is 162 Å². The predicted molar refractivity (Wildman–Crippen MR) is 267 cm³/mol. The number of para-hydroxylation sites is 9. The molecule has 6 aromatic carbocycles. The molecule has 6 aromatic heterocycles. The molecule has 12 aromatic rings. The van der Waals surface area contributed by atoms with Gasteiger partial charge in [0.1, 0.15) is 17.1 Å². The first-order valence-corrected chi connectivity index (χ1v) is 21.6. The van der Waals surface area contributed by atoms with Crippen LogP contribution >= 0.6 is 0 Å². The molecule has 15 nitrogen and oxygen atoms in total. The summed E-state index contributed by atoms with van der Waals surface area (Å²) >= 11 is 0. The minimum atomic E-state index is -0.167. The van der Waals surface area contributed by atoms with Crippen LogP contribution in [0.4, 0.5) is 0 Å². The number of aliphatic hydroxyl groups is 1. The third-order valence-electron chi connectivity index (χ3n) is 11.1. The van der Waals surface area contributed by atoms with Crippen molar-refractivity contribution in [1.29, 1.82) is 0 Å². The number of fused-ring (bicyclic) bond motifs is 6. The standard InChI is InChI=1S/3C17H13N3O.C3H8O.2H2O.Pr/c3*1-20-14-7-3-2-6-12(14)19-17(20)13-10-9-11-5-4-8-15(21)16(11)18-13;1-3(2)4;;;/h3*2-10,21H,1H3;3-4H,1-2H3;2*1H2;/q;;;;;;+3/p-3. The van der Waals surface area contributed by atoms with E-state index in [9.17, 15) is 15.3 Å². The normalized spacial score (nSPS) is 10.7. The number of pyridine rings is 3. The maximum atomic E-state index is 11.9. The second-order valence-corrected chi connectivity index (χ2v) is 16.1. The smallest absolute Gasteiger partial charge is 0.871 e. The molecule has 0 saturated heterocycles. The van der Waals surface area contributed by atoms with Crippen molar-refractivity contribution >= 4 is 65.8 Å². The molecule has 6 heterocycles. The van der Waals surface area contributed by atoms with Gasteiger partial charge in [0.25, 0.3) is 0 Å². The average molecular weight is 1060 g/mol. The summed E-state index contributed by atoms with van der Waals surface area (Å²) in [6.45, 7) is 3.44. The Morgan fingerprint density at radius 3 is 0.886 bits per heavy atom. The molecule has 0 radical (unpaired) electrons. The van der Waals surface area contributed by atoms with E-state index in [1.165, 1.54) is 18.2 Å². The number of aromatic nitrogens is 9. The molecule has 0 unspecified atom stereocenters. The van der Waals surface area contributed by atoms with E-state index in [0.29, 0.717) is 33.6 Å². The summed E-state index contributed by atoms with van der Waals surface area (Å²) in [7, 11) is 5.87. The third kappa shape index (κ3) is 10.6. The minimum absolute atomic E-state index is 0. The van der Waals surface area contributed by atoms with E-state index in [4.69, 9.17) is 5.11 Å². The van der Waals surface area contributed by atoms with Crippen LogP contribution in [0.5, 0.6) is 17.2 Å². The zero-order chi connectivity index (χ0) is 46.8. The summed E-state index contributed by atoms with van der Waals surface area (Å²) in [6, 6.07) is 50.8. The van der Waals surface area contributed by atoms with Crippen molar-refractivity contribution in [2.75, 3.05) is 0 Å². The fraction of sp³-hybridized carbons (Fsp3) is 0.111. The Bertz CT molecular complexity index is 3370. The number of hydrogen-bond acceptors (Lipinski definition) is 10. The van der Waals surface area contributed by atoms with Gasteiger partial charge in [0.15, 0.2) is 17.5 Å². The molecule has 0 saturated carbocycles.